The molecule has 0 fully saturated rings. The lowest BCUT2D eigenvalue weighted by atomic mass is 10.3. The highest BCUT2D eigenvalue weighted by Crippen LogP contribution is 2.11. The summed E-state index contributed by atoms with van der Waals surface area (Å²) in [5.41, 5.74) is -2.93. The summed E-state index contributed by atoms with van der Waals surface area (Å²) >= 11 is 5.25. The zero-order valence-corrected chi connectivity index (χ0v) is 9.26. The first-order chi connectivity index (χ1) is 8.40. The molecule has 0 radical (unpaired) electrons. The topological polar surface area (TPSA) is 54.9 Å². The van der Waals surface area contributed by atoms with Gasteiger partial charge in [0.1, 0.15) is 11.6 Å². The van der Waals surface area contributed by atoms with E-state index in [4.69, 9.17) is 11.6 Å². The molecule has 4 nitrogen and oxygen atoms in total. The number of aromatic nitrogens is 2. The van der Waals surface area contributed by atoms with Gasteiger partial charge in [-0.2, -0.15) is 4.39 Å². The summed E-state index contributed by atoms with van der Waals surface area (Å²) in [4.78, 5) is 24.8. The molecule has 0 atom stereocenters. The fourth-order valence-corrected chi connectivity index (χ4v) is 1.55. The Balaban J connectivity index is 2.84. The molecule has 0 aliphatic rings. The monoisotopic (exact) mass is 276 g/mol. The summed E-state index contributed by atoms with van der Waals surface area (Å²) in [6.07, 6.45) is 0. The van der Waals surface area contributed by atoms with Crippen molar-refractivity contribution in [3.8, 4) is 5.69 Å². The van der Waals surface area contributed by atoms with Crippen molar-refractivity contribution in [2.24, 2.45) is 0 Å². The number of benzene rings is 1. The van der Waals surface area contributed by atoms with Crippen LogP contribution in [0.5, 0.6) is 0 Å². The predicted octanol–water partition coefficient (Wildman–Crippen LogP) is 1.60. The third-order valence-corrected chi connectivity index (χ3v) is 2.37. The van der Waals surface area contributed by atoms with Gasteiger partial charge in [0.25, 0.3) is 5.56 Å². The third kappa shape index (κ3) is 2.04. The minimum atomic E-state index is -1.42. The molecule has 0 unspecified atom stereocenters. The van der Waals surface area contributed by atoms with E-state index in [0.29, 0.717) is 18.2 Å². The summed E-state index contributed by atoms with van der Waals surface area (Å²) < 4.78 is 39.4. The number of nitrogens with zero attached hydrogens (tertiary/aromatic N) is 1. The van der Waals surface area contributed by atoms with Crippen LogP contribution in [0.25, 0.3) is 5.69 Å². The molecule has 94 valence electrons. The van der Waals surface area contributed by atoms with Gasteiger partial charge in [-0.25, -0.2) is 18.1 Å². The molecule has 0 amide bonds. The minimum absolute atomic E-state index is 0.243. The zero-order valence-electron chi connectivity index (χ0n) is 8.51. The normalized spacial score (nSPS) is 10.7. The Hall–Kier alpha value is -2.02. The lowest BCUT2D eigenvalue weighted by Gasteiger charge is -2.05. The van der Waals surface area contributed by atoms with Crippen molar-refractivity contribution in [1.82, 2.24) is 9.55 Å². The standard InChI is InChI=1S/C10H4ClF3N2O2/c11-8-7(14)9(17)16(10(18)15-8)6-2-4(12)1-5(13)3-6/h1-3H,(H,15,18). The molecular weight excluding hydrogens is 273 g/mol. The van der Waals surface area contributed by atoms with Gasteiger partial charge in [0.05, 0.1) is 5.69 Å². The van der Waals surface area contributed by atoms with E-state index >= 15 is 0 Å². The molecule has 0 bridgehead atoms. The predicted molar refractivity (Wildman–Crippen MR) is 57.5 cm³/mol. The van der Waals surface area contributed by atoms with Crippen LogP contribution in [0.2, 0.25) is 5.15 Å². The van der Waals surface area contributed by atoms with Crippen LogP contribution in [0.4, 0.5) is 13.2 Å². The van der Waals surface area contributed by atoms with Crippen LogP contribution in [0.15, 0.2) is 27.8 Å². The van der Waals surface area contributed by atoms with Crippen molar-refractivity contribution in [3.05, 3.63) is 61.6 Å². The number of nitrogens with one attached hydrogen (secondary N) is 1. The Labute approximate surface area is 102 Å². The van der Waals surface area contributed by atoms with Crippen LogP contribution in [0.1, 0.15) is 0 Å². The lowest BCUT2D eigenvalue weighted by Crippen LogP contribution is -2.35. The number of aromatic amines is 1. The van der Waals surface area contributed by atoms with Crippen LogP contribution in [-0.2, 0) is 0 Å². The van der Waals surface area contributed by atoms with E-state index in [1.807, 2.05) is 4.98 Å². The van der Waals surface area contributed by atoms with Crippen LogP contribution in [0.3, 0.4) is 0 Å². The van der Waals surface area contributed by atoms with E-state index in [1.165, 1.54) is 0 Å². The maximum Gasteiger partial charge on any atom is 0.334 e. The first-order valence-electron chi connectivity index (χ1n) is 4.57. The Morgan fingerprint density at radius 1 is 1.06 bits per heavy atom. The summed E-state index contributed by atoms with van der Waals surface area (Å²) in [6, 6.07) is 1.98. The van der Waals surface area contributed by atoms with Crippen LogP contribution in [-0.4, -0.2) is 9.55 Å². The lowest BCUT2D eigenvalue weighted by molar-refractivity contribution is 0.570. The first kappa shape index (κ1) is 12.4. The van der Waals surface area contributed by atoms with Crippen molar-refractivity contribution in [3.63, 3.8) is 0 Å². The SMILES string of the molecule is O=c1[nH]c(Cl)c(F)c(=O)n1-c1cc(F)cc(F)c1. The highest BCUT2D eigenvalue weighted by Gasteiger charge is 2.14. The number of hydrogen-bond acceptors (Lipinski definition) is 2. The van der Waals surface area contributed by atoms with Crippen molar-refractivity contribution in [2.45, 2.75) is 0 Å². The fraction of sp³-hybridized carbons (Fsp3) is 0. The smallest absolute Gasteiger partial charge is 0.295 e. The molecule has 0 saturated carbocycles. The maximum absolute atomic E-state index is 13.2. The fourth-order valence-electron chi connectivity index (χ4n) is 1.39. The molecule has 2 rings (SSSR count). The second-order valence-corrected chi connectivity index (χ2v) is 3.70. The number of halogens is 4. The van der Waals surface area contributed by atoms with Gasteiger partial charge in [0.15, 0.2) is 5.15 Å². The Morgan fingerprint density at radius 2 is 1.61 bits per heavy atom. The average Bonchev–Trinajstić information content (AvgIpc) is 2.24. The average molecular weight is 277 g/mol. The number of H-pyrrole nitrogens is 1. The molecule has 18 heavy (non-hydrogen) atoms. The third-order valence-electron chi connectivity index (χ3n) is 2.11. The van der Waals surface area contributed by atoms with E-state index in [2.05, 4.69) is 0 Å². The quantitative estimate of drug-likeness (QED) is 0.804. The molecule has 0 saturated heterocycles. The van der Waals surface area contributed by atoms with Gasteiger partial charge in [-0.3, -0.25) is 9.78 Å². The van der Waals surface area contributed by atoms with E-state index in [9.17, 15) is 22.8 Å². The molecule has 0 spiro atoms. The van der Waals surface area contributed by atoms with E-state index < -0.39 is 39.5 Å². The van der Waals surface area contributed by atoms with Gasteiger partial charge in [0, 0.05) is 6.07 Å². The molecule has 0 aliphatic heterocycles. The van der Waals surface area contributed by atoms with Crippen molar-refractivity contribution in [1.29, 1.82) is 0 Å². The number of rotatable bonds is 1. The number of hydrogen-bond donors (Lipinski definition) is 1. The van der Waals surface area contributed by atoms with Gasteiger partial charge in [-0.15, -0.1) is 0 Å². The van der Waals surface area contributed by atoms with Crippen molar-refractivity contribution >= 4 is 11.6 Å². The van der Waals surface area contributed by atoms with Crippen LogP contribution < -0.4 is 11.2 Å². The molecule has 8 heteroatoms. The summed E-state index contributed by atoms with van der Waals surface area (Å²) in [5, 5.41) is -0.766. The molecular formula is C10H4ClF3N2O2. The Kier molecular flexibility index (Phi) is 3.00. The van der Waals surface area contributed by atoms with Gasteiger partial charge in [-0.05, 0) is 12.1 Å². The molecule has 1 aromatic carbocycles. The molecule has 1 N–H and O–H groups in total. The summed E-state index contributed by atoms with van der Waals surface area (Å²) in [7, 11) is 0. The van der Waals surface area contributed by atoms with Gasteiger partial charge >= 0.3 is 5.69 Å². The second-order valence-electron chi connectivity index (χ2n) is 3.33. The summed E-state index contributed by atoms with van der Waals surface area (Å²) in [5.74, 6) is -3.43. The second kappa shape index (κ2) is 4.34. The molecule has 0 aliphatic carbocycles. The first-order valence-corrected chi connectivity index (χ1v) is 4.95. The van der Waals surface area contributed by atoms with Gasteiger partial charge in [0.2, 0.25) is 5.82 Å². The minimum Gasteiger partial charge on any atom is -0.295 e. The zero-order chi connectivity index (χ0) is 13.4. The van der Waals surface area contributed by atoms with Crippen molar-refractivity contribution in [2.75, 3.05) is 0 Å². The van der Waals surface area contributed by atoms with Crippen molar-refractivity contribution < 1.29 is 13.2 Å². The van der Waals surface area contributed by atoms with Crippen LogP contribution in [0, 0.1) is 17.5 Å². The van der Waals surface area contributed by atoms with E-state index in [0.717, 1.165) is 0 Å². The Bertz CT molecular complexity index is 719. The Morgan fingerprint density at radius 3 is 2.17 bits per heavy atom. The van der Waals surface area contributed by atoms with Crippen LogP contribution >= 0.6 is 11.6 Å². The van der Waals surface area contributed by atoms with E-state index in [1.54, 1.807) is 0 Å². The molecule has 1 aromatic heterocycles. The molecule has 1 heterocycles. The van der Waals surface area contributed by atoms with E-state index in [-0.39, 0.29) is 4.57 Å². The van der Waals surface area contributed by atoms with Gasteiger partial charge in [-0.1, -0.05) is 11.6 Å². The largest absolute Gasteiger partial charge is 0.334 e. The maximum atomic E-state index is 13.2. The highest BCUT2D eigenvalue weighted by atomic mass is 35.5. The highest BCUT2D eigenvalue weighted by molar-refractivity contribution is 6.29. The molecule has 2 aromatic rings. The summed E-state index contributed by atoms with van der Waals surface area (Å²) in [6.45, 7) is 0. The van der Waals surface area contributed by atoms with Gasteiger partial charge < -0.3 is 0 Å².